The van der Waals surface area contributed by atoms with Crippen molar-refractivity contribution >= 4 is 21.9 Å². The van der Waals surface area contributed by atoms with Gasteiger partial charge in [0.2, 0.25) is 0 Å². The Morgan fingerprint density at radius 3 is 2.32 bits per heavy atom. The van der Waals surface area contributed by atoms with Crippen molar-refractivity contribution in [3.63, 3.8) is 0 Å². The molecule has 0 bridgehead atoms. The van der Waals surface area contributed by atoms with E-state index in [2.05, 4.69) is 0 Å². The predicted molar refractivity (Wildman–Crippen MR) is 84.0 cm³/mol. The summed E-state index contributed by atoms with van der Waals surface area (Å²) in [6.45, 7) is 0. The van der Waals surface area contributed by atoms with Crippen molar-refractivity contribution in [2.75, 3.05) is 0 Å². The maximum absolute atomic E-state index is 12.3. The third kappa shape index (κ3) is 1.93. The average Bonchev–Trinajstić information content (AvgIpc) is 2.55. The fourth-order valence-electron chi connectivity index (χ4n) is 2.51. The Labute approximate surface area is 124 Å². The molecule has 0 fully saturated rings. The van der Waals surface area contributed by atoms with E-state index >= 15 is 0 Å². The molecule has 0 radical (unpaired) electrons. The standard InChI is InChI=1S/C18H10O4/c19-14-10-16(11-4-2-1-3-5-11)22-18-12(14)6-8-15-13(18)7-9-17(20)21-15/h1-10H. The van der Waals surface area contributed by atoms with Crippen molar-refractivity contribution < 1.29 is 8.83 Å². The van der Waals surface area contributed by atoms with Gasteiger partial charge in [-0.1, -0.05) is 30.3 Å². The minimum atomic E-state index is -0.437. The van der Waals surface area contributed by atoms with Crippen LogP contribution in [0.5, 0.6) is 0 Å². The summed E-state index contributed by atoms with van der Waals surface area (Å²) in [5.74, 6) is 0.483. The summed E-state index contributed by atoms with van der Waals surface area (Å²) in [6, 6.07) is 17.0. The van der Waals surface area contributed by atoms with Crippen LogP contribution in [0.1, 0.15) is 0 Å². The lowest BCUT2D eigenvalue weighted by molar-refractivity contribution is 0.559. The van der Waals surface area contributed by atoms with Gasteiger partial charge in [0, 0.05) is 17.7 Å². The molecular formula is C18H10O4. The van der Waals surface area contributed by atoms with Crippen LogP contribution < -0.4 is 11.1 Å². The zero-order chi connectivity index (χ0) is 15.1. The smallest absolute Gasteiger partial charge is 0.336 e. The van der Waals surface area contributed by atoms with Gasteiger partial charge >= 0.3 is 5.63 Å². The molecular weight excluding hydrogens is 280 g/mol. The highest BCUT2D eigenvalue weighted by molar-refractivity contribution is 6.01. The molecule has 106 valence electrons. The molecule has 0 spiro atoms. The number of benzene rings is 2. The normalized spacial score (nSPS) is 11.1. The fraction of sp³-hybridized carbons (Fsp3) is 0. The zero-order valence-electron chi connectivity index (χ0n) is 11.4. The van der Waals surface area contributed by atoms with Crippen LogP contribution in [0.25, 0.3) is 33.3 Å². The van der Waals surface area contributed by atoms with E-state index in [9.17, 15) is 9.59 Å². The molecule has 22 heavy (non-hydrogen) atoms. The van der Waals surface area contributed by atoms with Crippen LogP contribution in [0.4, 0.5) is 0 Å². The molecule has 0 aliphatic rings. The van der Waals surface area contributed by atoms with Crippen molar-refractivity contribution in [1.82, 2.24) is 0 Å². The number of hydrogen-bond donors (Lipinski definition) is 0. The highest BCUT2D eigenvalue weighted by Crippen LogP contribution is 2.27. The Kier molecular flexibility index (Phi) is 2.69. The van der Waals surface area contributed by atoms with Crippen LogP contribution in [-0.4, -0.2) is 0 Å². The molecule has 0 atom stereocenters. The van der Waals surface area contributed by atoms with Gasteiger partial charge in [-0.3, -0.25) is 4.79 Å². The van der Waals surface area contributed by atoms with Gasteiger partial charge in [0.25, 0.3) is 0 Å². The minimum Gasteiger partial charge on any atom is -0.455 e. The SMILES string of the molecule is O=c1ccc2c(ccc3c(=O)cc(-c4ccccc4)oc32)o1. The molecule has 2 aromatic carbocycles. The molecule has 4 aromatic rings. The van der Waals surface area contributed by atoms with Crippen molar-refractivity contribution in [3.05, 3.63) is 81.3 Å². The first-order valence-corrected chi connectivity index (χ1v) is 6.78. The van der Waals surface area contributed by atoms with E-state index in [4.69, 9.17) is 8.83 Å². The van der Waals surface area contributed by atoms with E-state index in [1.54, 1.807) is 18.2 Å². The van der Waals surface area contributed by atoms with E-state index in [1.165, 1.54) is 12.1 Å². The van der Waals surface area contributed by atoms with Gasteiger partial charge in [-0.25, -0.2) is 4.79 Å². The second-order valence-electron chi connectivity index (χ2n) is 4.95. The molecule has 0 aliphatic carbocycles. The predicted octanol–water partition coefficient (Wildman–Crippen LogP) is 3.57. The second kappa shape index (κ2) is 4.70. The van der Waals surface area contributed by atoms with Crippen molar-refractivity contribution in [2.24, 2.45) is 0 Å². The van der Waals surface area contributed by atoms with Crippen molar-refractivity contribution in [1.29, 1.82) is 0 Å². The highest BCUT2D eigenvalue weighted by atomic mass is 16.4. The molecule has 0 unspecified atom stereocenters. The topological polar surface area (TPSA) is 60.4 Å². The Hall–Kier alpha value is -3.14. The lowest BCUT2D eigenvalue weighted by atomic mass is 10.1. The van der Waals surface area contributed by atoms with Gasteiger partial charge in [-0.2, -0.15) is 0 Å². The molecule has 0 aliphatic heterocycles. The summed E-state index contributed by atoms with van der Waals surface area (Å²) in [4.78, 5) is 23.6. The van der Waals surface area contributed by atoms with Crippen LogP contribution in [0.15, 0.2) is 79.1 Å². The Balaban J connectivity index is 2.13. The molecule has 2 heterocycles. The lowest BCUT2D eigenvalue weighted by Gasteiger charge is -2.05. The summed E-state index contributed by atoms with van der Waals surface area (Å²) in [5.41, 5.74) is 1.07. The average molecular weight is 290 g/mol. The summed E-state index contributed by atoms with van der Waals surface area (Å²) >= 11 is 0. The Morgan fingerprint density at radius 1 is 0.727 bits per heavy atom. The van der Waals surface area contributed by atoms with Crippen LogP contribution in [0.3, 0.4) is 0 Å². The number of rotatable bonds is 1. The first-order chi connectivity index (χ1) is 10.7. The van der Waals surface area contributed by atoms with E-state index in [0.717, 1.165) is 5.56 Å². The zero-order valence-corrected chi connectivity index (χ0v) is 11.4. The molecule has 0 saturated carbocycles. The van der Waals surface area contributed by atoms with Gasteiger partial charge in [0.15, 0.2) is 5.43 Å². The van der Waals surface area contributed by atoms with Gasteiger partial charge in [-0.15, -0.1) is 0 Å². The van der Waals surface area contributed by atoms with E-state index < -0.39 is 5.63 Å². The van der Waals surface area contributed by atoms with Gasteiger partial charge in [0.05, 0.1) is 10.8 Å². The van der Waals surface area contributed by atoms with Crippen molar-refractivity contribution in [2.45, 2.75) is 0 Å². The Morgan fingerprint density at radius 2 is 1.50 bits per heavy atom. The first kappa shape index (κ1) is 12.6. The molecule has 2 aromatic heterocycles. The molecule has 4 nitrogen and oxygen atoms in total. The number of fused-ring (bicyclic) bond motifs is 3. The summed E-state index contributed by atoms with van der Waals surface area (Å²) < 4.78 is 11.1. The maximum atomic E-state index is 12.3. The molecule has 0 saturated heterocycles. The summed E-state index contributed by atoms with van der Waals surface area (Å²) in [7, 11) is 0. The molecule has 0 N–H and O–H groups in total. The van der Waals surface area contributed by atoms with E-state index in [0.29, 0.717) is 27.7 Å². The van der Waals surface area contributed by atoms with Crippen LogP contribution in [0, 0.1) is 0 Å². The van der Waals surface area contributed by atoms with E-state index in [-0.39, 0.29) is 5.43 Å². The summed E-state index contributed by atoms with van der Waals surface area (Å²) in [5, 5.41) is 1.06. The largest absolute Gasteiger partial charge is 0.455 e. The lowest BCUT2D eigenvalue weighted by Crippen LogP contribution is -2.01. The third-order valence-electron chi connectivity index (χ3n) is 3.55. The van der Waals surface area contributed by atoms with Crippen molar-refractivity contribution in [3.8, 4) is 11.3 Å². The second-order valence-corrected chi connectivity index (χ2v) is 4.95. The minimum absolute atomic E-state index is 0.131. The van der Waals surface area contributed by atoms with Gasteiger partial charge < -0.3 is 8.83 Å². The van der Waals surface area contributed by atoms with Gasteiger partial charge in [-0.05, 0) is 18.2 Å². The monoisotopic (exact) mass is 290 g/mol. The fourth-order valence-corrected chi connectivity index (χ4v) is 2.51. The quantitative estimate of drug-likeness (QED) is 0.397. The summed E-state index contributed by atoms with van der Waals surface area (Å²) in [6.07, 6.45) is 0. The van der Waals surface area contributed by atoms with Crippen LogP contribution in [0.2, 0.25) is 0 Å². The Bertz CT molecular complexity index is 1100. The van der Waals surface area contributed by atoms with Crippen LogP contribution >= 0.6 is 0 Å². The van der Waals surface area contributed by atoms with Crippen LogP contribution in [-0.2, 0) is 0 Å². The maximum Gasteiger partial charge on any atom is 0.336 e. The van der Waals surface area contributed by atoms with Gasteiger partial charge in [0.1, 0.15) is 16.9 Å². The third-order valence-corrected chi connectivity index (χ3v) is 3.55. The number of hydrogen-bond acceptors (Lipinski definition) is 4. The first-order valence-electron chi connectivity index (χ1n) is 6.78. The highest BCUT2D eigenvalue weighted by Gasteiger charge is 2.11. The molecule has 0 amide bonds. The molecule has 4 heteroatoms. The van der Waals surface area contributed by atoms with E-state index in [1.807, 2.05) is 30.3 Å². The molecule has 4 rings (SSSR count).